The van der Waals surface area contributed by atoms with Crippen LogP contribution in [0.4, 0.5) is 0 Å². The maximum atomic E-state index is 6.48. The summed E-state index contributed by atoms with van der Waals surface area (Å²) in [6.07, 6.45) is 1.11. The van der Waals surface area contributed by atoms with Gasteiger partial charge in [-0.1, -0.05) is 56.6 Å². The van der Waals surface area contributed by atoms with Gasteiger partial charge in [-0.25, -0.2) is 0 Å². The number of nitrogens with one attached hydrogen (secondary N) is 1. The van der Waals surface area contributed by atoms with Gasteiger partial charge in [-0.15, -0.1) is 11.3 Å². The van der Waals surface area contributed by atoms with Crippen molar-refractivity contribution in [1.29, 1.82) is 0 Å². The Hall–Kier alpha value is -0.830. The van der Waals surface area contributed by atoms with Crippen LogP contribution in [0.1, 0.15) is 48.4 Å². The lowest BCUT2D eigenvalue weighted by Crippen LogP contribution is -2.21. The van der Waals surface area contributed by atoms with E-state index in [9.17, 15) is 0 Å². The van der Waals surface area contributed by atoms with Gasteiger partial charge in [0.05, 0.1) is 11.1 Å². The largest absolute Gasteiger partial charge is 0.306 e. The summed E-state index contributed by atoms with van der Waals surface area (Å²) in [6, 6.07) is 9.08. The molecule has 114 valence electrons. The van der Waals surface area contributed by atoms with Gasteiger partial charge in [0.2, 0.25) is 0 Å². The Bertz CT molecular complexity index is 589. The second-order valence-electron chi connectivity index (χ2n) is 5.93. The first kappa shape index (κ1) is 16.5. The molecular weight excluding hydrogens is 298 g/mol. The van der Waals surface area contributed by atoms with Crippen LogP contribution in [0.25, 0.3) is 0 Å². The summed E-state index contributed by atoms with van der Waals surface area (Å²) in [6.45, 7) is 9.65. The SMILES string of the molecule is CCNC(c1cccc(CC(C)C)c1)c1scc(C)c1Cl. The van der Waals surface area contributed by atoms with Gasteiger partial charge in [0, 0.05) is 4.88 Å². The minimum absolute atomic E-state index is 0.188. The van der Waals surface area contributed by atoms with E-state index in [1.54, 1.807) is 11.3 Å². The van der Waals surface area contributed by atoms with Gasteiger partial charge in [0.1, 0.15) is 0 Å². The molecule has 2 rings (SSSR count). The highest BCUT2D eigenvalue weighted by Crippen LogP contribution is 2.36. The van der Waals surface area contributed by atoms with E-state index in [2.05, 4.69) is 62.7 Å². The van der Waals surface area contributed by atoms with Crippen LogP contribution in [0.2, 0.25) is 5.02 Å². The molecule has 21 heavy (non-hydrogen) atoms. The van der Waals surface area contributed by atoms with Crippen molar-refractivity contribution in [2.75, 3.05) is 6.54 Å². The zero-order valence-electron chi connectivity index (χ0n) is 13.2. The smallest absolute Gasteiger partial charge is 0.0686 e. The minimum atomic E-state index is 0.188. The van der Waals surface area contributed by atoms with Crippen molar-refractivity contribution in [3.63, 3.8) is 0 Å². The van der Waals surface area contributed by atoms with E-state index < -0.39 is 0 Å². The molecule has 1 unspecified atom stereocenters. The Morgan fingerprint density at radius 1 is 1.29 bits per heavy atom. The predicted molar refractivity (Wildman–Crippen MR) is 94.6 cm³/mol. The van der Waals surface area contributed by atoms with Gasteiger partial charge in [-0.05, 0) is 47.9 Å². The molecule has 3 heteroatoms. The van der Waals surface area contributed by atoms with Crippen molar-refractivity contribution in [3.8, 4) is 0 Å². The summed E-state index contributed by atoms with van der Waals surface area (Å²) in [5.41, 5.74) is 3.87. The van der Waals surface area contributed by atoms with Crippen LogP contribution in [0, 0.1) is 12.8 Å². The zero-order chi connectivity index (χ0) is 15.4. The third-order valence-corrected chi connectivity index (χ3v) is 5.30. The molecule has 1 atom stereocenters. The molecule has 1 aromatic carbocycles. The van der Waals surface area contributed by atoms with Crippen LogP contribution in [-0.4, -0.2) is 6.54 Å². The molecule has 0 fully saturated rings. The molecular formula is C18H24ClNS. The maximum absolute atomic E-state index is 6.48. The average Bonchev–Trinajstić information content (AvgIpc) is 2.76. The quantitative estimate of drug-likeness (QED) is 0.729. The van der Waals surface area contributed by atoms with Gasteiger partial charge >= 0.3 is 0 Å². The summed E-state index contributed by atoms with van der Waals surface area (Å²) in [4.78, 5) is 1.22. The van der Waals surface area contributed by atoms with Crippen molar-refractivity contribution in [2.45, 2.75) is 40.2 Å². The van der Waals surface area contributed by atoms with Crippen LogP contribution in [0.3, 0.4) is 0 Å². The Balaban J connectivity index is 2.36. The van der Waals surface area contributed by atoms with E-state index in [1.165, 1.54) is 16.0 Å². The van der Waals surface area contributed by atoms with E-state index in [0.29, 0.717) is 5.92 Å². The fraction of sp³-hybridized carbons (Fsp3) is 0.444. The molecule has 1 aromatic heterocycles. The second kappa shape index (κ2) is 7.44. The maximum Gasteiger partial charge on any atom is 0.0686 e. The van der Waals surface area contributed by atoms with Gasteiger partial charge in [0.25, 0.3) is 0 Å². The van der Waals surface area contributed by atoms with Gasteiger partial charge in [0.15, 0.2) is 0 Å². The van der Waals surface area contributed by atoms with Crippen molar-refractivity contribution < 1.29 is 0 Å². The lowest BCUT2D eigenvalue weighted by Gasteiger charge is -2.19. The highest BCUT2D eigenvalue weighted by molar-refractivity contribution is 7.10. The van der Waals surface area contributed by atoms with Crippen LogP contribution >= 0.6 is 22.9 Å². The summed E-state index contributed by atoms with van der Waals surface area (Å²) in [5.74, 6) is 0.672. The summed E-state index contributed by atoms with van der Waals surface area (Å²) in [7, 11) is 0. The van der Waals surface area contributed by atoms with Crippen LogP contribution in [0.15, 0.2) is 29.6 Å². The molecule has 0 amide bonds. The van der Waals surface area contributed by atoms with Crippen LogP contribution in [-0.2, 0) is 6.42 Å². The van der Waals surface area contributed by atoms with E-state index in [0.717, 1.165) is 23.6 Å². The number of hydrogen-bond acceptors (Lipinski definition) is 2. The fourth-order valence-corrected chi connectivity index (χ4v) is 3.99. The molecule has 0 radical (unpaired) electrons. The molecule has 0 saturated heterocycles. The third-order valence-electron chi connectivity index (χ3n) is 3.52. The number of rotatable bonds is 6. The average molecular weight is 322 g/mol. The van der Waals surface area contributed by atoms with E-state index in [1.807, 2.05) is 0 Å². The Labute approximate surface area is 137 Å². The number of hydrogen-bond donors (Lipinski definition) is 1. The molecule has 0 saturated carbocycles. The van der Waals surface area contributed by atoms with E-state index >= 15 is 0 Å². The molecule has 2 aromatic rings. The third kappa shape index (κ3) is 4.09. The molecule has 1 nitrogen and oxygen atoms in total. The first-order valence-corrected chi connectivity index (χ1v) is 8.84. The fourth-order valence-electron chi connectivity index (χ4n) is 2.58. The molecule has 0 bridgehead atoms. The predicted octanol–water partition coefficient (Wildman–Crippen LogP) is 5.61. The molecule has 1 N–H and O–H groups in total. The van der Waals surface area contributed by atoms with Crippen LogP contribution in [0.5, 0.6) is 0 Å². The van der Waals surface area contributed by atoms with Crippen molar-refractivity contribution in [2.24, 2.45) is 5.92 Å². The molecule has 0 aliphatic heterocycles. The number of aryl methyl sites for hydroxylation is 1. The van der Waals surface area contributed by atoms with Gasteiger partial charge in [-0.2, -0.15) is 0 Å². The van der Waals surface area contributed by atoms with Crippen molar-refractivity contribution in [3.05, 3.63) is 56.2 Å². The number of thiophene rings is 1. The number of halogens is 1. The molecule has 1 heterocycles. The van der Waals surface area contributed by atoms with Crippen molar-refractivity contribution in [1.82, 2.24) is 5.32 Å². The first-order chi connectivity index (χ1) is 10.0. The Morgan fingerprint density at radius 2 is 2.05 bits per heavy atom. The topological polar surface area (TPSA) is 12.0 Å². The van der Waals surface area contributed by atoms with Crippen molar-refractivity contribution >= 4 is 22.9 Å². The Kier molecular flexibility index (Phi) is 5.86. The highest BCUT2D eigenvalue weighted by atomic mass is 35.5. The van der Waals surface area contributed by atoms with Gasteiger partial charge in [-0.3, -0.25) is 0 Å². The monoisotopic (exact) mass is 321 g/mol. The zero-order valence-corrected chi connectivity index (χ0v) is 14.8. The molecule has 0 aliphatic rings. The number of benzene rings is 1. The molecule has 0 aliphatic carbocycles. The lowest BCUT2D eigenvalue weighted by molar-refractivity contribution is 0.630. The minimum Gasteiger partial charge on any atom is -0.306 e. The standard InChI is InChI=1S/C18H24ClNS/c1-5-20-17(18-16(19)13(4)11-21-18)15-8-6-7-14(10-15)9-12(2)3/h6-8,10-12,17,20H,5,9H2,1-4H3. The van der Waals surface area contributed by atoms with E-state index in [-0.39, 0.29) is 6.04 Å². The lowest BCUT2D eigenvalue weighted by atomic mass is 9.97. The second-order valence-corrected chi connectivity index (χ2v) is 7.22. The highest BCUT2D eigenvalue weighted by Gasteiger charge is 2.19. The molecule has 0 spiro atoms. The van der Waals surface area contributed by atoms with Gasteiger partial charge < -0.3 is 5.32 Å². The van der Waals surface area contributed by atoms with Crippen LogP contribution < -0.4 is 5.32 Å². The summed E-state index contributed by atoms with van der Waals surface area (Å²) >= 11 is 8.23. The normalized spacial score (nSPS) is 12.9. The Morgan fingerprint density at radius 3 is 2.62 bits per heavy atom. The first-order valence-electron chi connectivity index (χ1n) is 7.58. The van der Waals surface area contributed by atoms with E-state index in [4.69, 9.17) is 11.6 Å². The summed E-state index contributed by atoms with van der Waals surface area (Å²) in [5, 5.41) is 6.62. The summed E-state index contributed by atoms with van der Waals surface area (Å²) < 4.78 is 0.